The molecule has 148 valence electrons. The Labute approximate surface area is 169 Å². The van der Waals surface area contributed by atoms with E-state index in [1.807, 2.05) is 30.3 Å². The van der Waals surface area contributed by atoms with Gasteiger partial charge in [0.25, 0.3) is 0 Å². The van der Waals surface area contributed by atoms with Gasteiger partial charge in [-0.3, -0.25) is 4.90 Å². The highest BCUT2D eigenvalue weighted by Gasteiger charge is 2.19. The number of fused-ring (bicyclic) bond motifs is 1. The molecule has 1 aliphatic heterocycles. The molecule has 0 amide bonds. The van der Waals surface area contributed by atoms with Gasteiger partial charge in [-0.2, -0.15) is 0 Å². The monoisotopic (exact) mass is 398 g/mol. The Bertz CT molecular complexity index is 860. The molecular weight excluding hydrogens is 372 g/mol. The fraction of sp³-hybridized carbons (Fsp3) is 0.381. The van der Waals surface area contributed by atoms with Crippen LogP contribution in [0.2, 0.25) is 0 Å². The third kappa shape index (κ3) is 4.55. The summed E-state index contributed by atoms with van der Waals surface area (Å²) < 4.78 is 12.4. The van der Waals surface area contributed by atoms with Gasteiger partial charge in [-0.05, 0) is 24.3 Å². The largest absolute Gasteiger partial charge is 0.493 e. The van der Waals surface area contributed by atoms with Gasteiger partial charge in [-0.1, -0.05) is 35.6 Å². The summed E-state index contributed by atoms with van der Waals surface area (Å²) in [6, 6.07) is 16.1. The van der Waals surface area contributed by atoms with Gasteiger partial charge < -0.3 is 19.7 Å². The van der Waals surface area contributed by atoms with Crippen molar-refractivity contribution in [2.45, 2.75) is 0 Å². The van der Waals surface area contributed by atoms with Gasteiger partial charge in [-0.15, -0.1) is 0 Å². The molecule has 1 saturated heterocycles. The molecule has 4 rings (SSSR count). The van der Waals surface area contributed by atoms with Crippen molar-refractivity contribution in [3.05, 3.63) is 48.5 Å². The zero-order chi connectivity index (χ0) is 19.2. The number of nitrogens with zero attached hydrogens (tertiary/aromatic N) is 3. The third-order valence-electron chi connectivity index (χ3n) is 4.87. The number of para-hydroxylation sites is 3. The molecule has 1 N–H and O–H groups in total. The number of ether oxygens (including phenoxy) is 2. The minimum Gasteiger partial charge on any atom is -0.493 e. The summed E-state index contributed by atoms with van der Waals surface area (Å²) >= 11 is 1.78. The third-order valence-corrected chi connectivity index (χ3v) is 5.96. The van der Waals surface area contributed by atoms with E-state index in [0.717, 1.165) is 61.5 Å². The fourth-order valence-corrected chi connectivity index (χ4v) is 4.32. The summed E-state index contributed by atoms with van der Waals surface area (Å²) in [4.78, 5) is 9.61. The predicted molar refractivity (Wildman–Crippen MR) is 115 cm³/mol. The number of benzene rings is 2. The standard InChI is InChI=1S/C21H26N4O2S/c1-26-18-7-3-4-8-19(18)27-15-10-22-16-24-11-13-25(14-12-24)21-23-17-6-2-5-9-20(17)28-21/h2-9,22H,10-16H2,1H3. The Hall–Kier alpha value is -2.35. The van der Waals surface area contributed by atoms with E-state index >= 15 is 0 Å². The molecule has 1 fully saturated rings. The van der Waals surface area contributed by atoms with Crippen LogP contribution in [0.15, 0.2) is 48.5 Å². The van der Waals surface area contributed by atoms with Gasteiger partial charge in [0.15, 0.2) is 16.6 Å². The first-order valence-electron chi connectivity index (χ1n) is 9.63. The van der Waals surface area contributed by atoms with Crippen LogP contribution in [0.3, 0.4) is 0 Å². The van der Waals surface area contributed by atoms with Gasteiger partial charge >= 0.3 is 0 Å². The predicted octanol–water partition coefficient (Wildman–Crippen LogP) is 3.05. The van der Waals surface area contributed by atoms with E-state index in [4.69, 9.17) is 14.5 Å². The van der Waals surface area contributed by atoms with Gasteiger partial charge in [0, 0.05) is 39.4 Å². The van der Waals surface area contributed by atoms with E-state index < -0.39 is 0 Å². The number of methoxy groups -OCH3 is 1. The molecule has 0 spiro atoms. The number of rotatable bonds is 8. The van der Waals surface area contributed by atoms with Crippen LogP contribution in [0.5, 0.6) is 11.5 Å². The van der Waals surface area contributed by atoms with Crippen LogP contribution in [0.1, 0.15) is 0 Å². The van der Waals surface area contributed by atoms with Crippen molar-refractivity contribution in [2.24, 2.45) is 0 Å². The molecule has 6 nitrogen and oxygen atoms in total. The Morgan fingerprint density at radius 1 is 1.00 bits per heavy atom. The molecule has 28 heavy (non-hydrogen) atoms. The molecule has 0 saturated carbocycles. The van der Waals surface area contributed by atoms with Crippen molar-refractivity contribution in [3.63, 3.8) is 0 Å². The second-order valence-electron chi connectivity index (χ2n) is 6.73. The van der Waals surface area contributed by atoms with Crippen LogP contribution in [0, 0.1) is 0 Å². The zero-order valence-electron chi connectivity index (χ0n) is 16.1. The molecule has 2 heterocycles. The second-order valence-corrected chi connectivity index (χ2v) is 7.74. The fourth-order valence-electron chi connectivity index (χ4n) is 3.30. The summed E-state index contributed by atoms with van der Waals surface area (Å²) in [5, 5.41) is 4.61. The van der Waals surface area contributed by atoms with E-state index in [9.17, 15) is 0 Å². The van der Waals surface area contributed by atoms with E-state index in [-0.39, 0.29) is 0 Å². The van der Waals surface area contributed by atoms with Crippen LogP contribution in [-0.4, -0.2) is 63.0 Å². The van der Waals surface area contributed by atoms with Gasteiger partial charge in [0.1, 0.15) is 6.61 Å². The minimum absolute atomic E-state index is 0.617. The van der Waals surface area contributed by atoms with E-state index in [1.165, 1.54) is 4.70 Å². The summed E-state index contributed by atoms with van der Waals surface area (Å²) in [5.41, 5.74) is 1.10. The van der Waals surface area contributed by atoms with E-state index in [1.54, 1.807) is 18.4 Å². The number of hydrogen-bond donors (Lipinski definition) is 1. The molecule has 0 unspecified atom stereocenters. The lowest BCUT2D eigenvalue weighted by atomic mass is 10.3. The average Bonchev–Trinajstić information content (AvgIpc) is 3.18. The quantitative estimate of drug-likeness (QED) is 0.589. The molecule has 7 heteroatoms. The van der Waals surface area contributed by atoms with Crippen molar-refractivity contribution < 1.29 is 9.47 Å². The summed E-state index contributed by atoms with van der Waals surface area (Å²) in [6.45, 7) is 6.40. The van der Waals surface area contributed by atoms with Crippen molar-refractivity contribution >= 4 is 26.7 Å². The van der Waals surface area contributed by atoms with Crippen LogP contribution in [0.4, 0.5) is 5.13 Å². The molecule has 0 bridgehead atoms. The number of anilines is 1. The molecule has 0 aliphatic carbocycles. The first kappa shape index (κ1) is 19.0. The van der Waals surface area contributed by atoms with Crippen molar-refractivity contribution in [2.75, 3.05) is 58.0 Å². The highest BCUT2D eigenvalue weighted by molar-refractivity contribution is 7.22. The molecule has 3 aromatic rings. The first-order chi connectivity index (χ1) is 13.8. The minimum atomic E-state index is 0.617. The average molecular weight is 399 g/mol. The molecule has 0 radical (unpaired) electrons. The molecule has 1 aliphatic rings. The summed E-state index contributed by atoms with van der Waals surface area (Å²) in [5.74, 6) is 1.56. The summed E-state index contributed by atoms with van der Waals surface area (Å²) in [7, 11) is 1.66. The van der Waals surface area contributed by atoms with Crippen LogP contribution in [0.25, 0.3) is 10.2 Å². The Balaban J connectivity index is 1.17. The lowest BCUT2D eigenvalue weighted by molar-refractivity contribution is 0.225. The highest BCUT2D eigenvalue weighted by Crippen LogP contribution is 2.29. The maximum atomic E-state index is 5.80. The smallest absolute Gasteiger partial charge is 0.186 e. The van der Waals surface area contributed by atoms with Gasteiger partial charge in [0.2, 0.25) is 0 Å². The lowest BCUT2D eigenvalue weighted by Crippen LogP contribution is -2.49. The lowest BCUT2D eigenvalue weighted by Gasteiger charge is -2.34. The number of thiazole rings is 1. The van der Waals surface area contributed by atoms with E-state index in [2.05, 4.69) is 33.3 Å². The Morgan fingerprint density at radius 2 is 1.75 bits per heavy atom. The Morgan fingerprint density at radius 3 is 2.54 bits per heavy atom. The van der Waals surface area contributed by atoms with Crippen LogP contribution in [-0.2, 0) is 0 Å². The van der Waals surface area contributed by atoms with Gasteiger partial charge in [-0.25, -0.2) is 4.98 Å². The van der Waals surface area contributed by atoms with Gasteiger partial charge in [0.05, 0.1) is 17.3 Å². The van der Waals surface area contributed by atoms with Crippen molar-refractivity contribution in [1.29, 1.82) is 0 Å². The number of piperazine rings is 1. The maximum Gasteiger partial charge on any atom is 0.186 e. The van der Waals surface area contributed by atoms with Crippen LogP contribution < -0.4 is 19.7 Å². The molecule has 0 atom stereocenters. The first-order valence-corrected chi connectivity index (χ1v) is 10.4. The molecule has 2 aromatic carbocycles. The SMILES string of the molecule is COc1ccccc1OCCNCN1CCN(c2nc3ccccc3s2)CC1. The molecule has 1 aromatic heterocycles. The number of aromatic nitrogens is 1. The van der Waals surface area contributed by atoms with Crippen molar-refractivity contribution in [3.8, 4) is 11.5 Å². The number of hydrogen-bond acceptors (Lipinski definition) is 7. The topological polar surface area (TPSA) is 49.9 Å². The number of nitrogens with one attached hydrogen (secondary N) is 1. The molecular formula is C21H26N4O2S. The summed E-state index contributed by atoms with van der Waals surface area (Å²) in [6.07, 6.45) is 0. The Kier molecular flexibility index (Phi) is 6.26. The maximum absolute atomic E-state index is 5.80. The highest BCUT2D eigenvalue weighted by atomic mass is 32.1. The van der Waals surface area contributed by atoms with E-state index in [0.29, 0.717) is 6.61 Å². The van der Waals surface area contributed by atoms with Crippen molar-refractivity contribution in [1.82, 2.24) is 15.2 Å². The zero-order valence-corrected chi connectivity index (χ0v) is 17.0. The van der Waals surface area contributed by atoms with Crippen LogP contribution >= 0.6 is 11.3 Å². The second kappa shape index (κ2) is 9.23. The normalized spacial score (nSPS) is 15.1.